The van der Waals surface area contributed by atoms with Crippen LogP contribution in [-0.4, -0.2) is 11.8 Å². The van der Waals surface area contributed by atoms with Crippen LogP contribution in [0, 0.1) is 11.3 Å². The Hall–Kier alpha value is -2.65. The fourth-order valence-electron chi connectivity index (χ4n) is 1.75. The third kappa shape index (κ3) is 4.43. The van der Waals surface area contributed by atoms with Crippen LogP contribution < -0.4 is 10.6 Å². The van der Waals surface area contributed by atoms with Crippen LogP contribution in [-0.2, 0) is 4.79 Å². The van der Waals surface area contributed by atoms with Gasteiger partial charge in [0.1, 0.15) is 6.42 Å². The molecule has 0 radical (unpaired) electrons. The summed E-state index contributed by atoms with van der Waals surface area (Å²) in [6, 6.07) is 15.5. The Kier molecular flexibility index (Phi) is 5.28. The van der Waals surface area contributed by atoms with E-state index in [2.05, 4.69) is 26.6 Å². The van der Waals surface area contributed by atoms with Crippen molar-refractivity contribution in [1.29, 1.82) is 5.26 Å². The van der Waals surface area contributed by atoms with Gasteiger partial charge in [0.15, 0.2) is 0 Å². The second kappa shape index (κ2) is 7.38. The van der Waals surface area contributed by atoms with E-state index in [1.165, 1.54) is 0 Å². The van der Waals surface area contributed by atoms with Crippen LogP contribution >= 0.6 is 15.9 Å². The van der Waals surface area contributed by atoms with Gasteiger partial charge in [0.2, 0.25) is 5.91 Å². The number of nitriles is 1. The van der Waals surface area contributed by atoms with Gasteiger partial charge in [-0.05, 0) is 42.5 Å². The lowest BCUT2D eigenvalue weighted by Gasteiger charge is -2.07. The smallest absolute Gasteiger partial charge is 0.255 e. The Morgan fingerprint density at radius 1 is 1.05 bits per heavy atom. The molecule has 0 aromatic heterocycles. The average Bonchev–Trinajstić information content (AvgIpc) is 2.49. The van der Waals surface area contributed by atoms with Crippen molar-refractivity contribution in [2.75, 3.05) is 10.6 Å². The van der Waals surface area contributed by atoms with Gasteiger partial charge in [-0.3, -0.25) is 9.59 Å². The first-order chi connectivity index (χ1) is 10.6. The number of anilines is 2. The van der Waals surface area contributed by atoms with Crippen LogP contribution in [0.15, 0.2) is 53.0 Å². The van der Waals surface area contributed by atoms with E-state index in [-0.39, 0.29) is 18.2 Å². The molecule has 0 fully saturated rings. The predicted molar refractivity (Wildman–Crippen MR) is 87.4 cm³/mol. The van der Waals surface area contributed by atoms with Crippen molar-refractivity contribution in [2.24, 2.45) is 0 Å². The molecular weight excluding hydrogens is 346 g/mol. The molecule has 0 saturated heterocycles. The van der Waals surface area contributed by atoms with Crippen molar-refractivity contribution in [3.05, 3.63) is 58.6 Å². The number of halogens is 1. The summed E-state index contributed by atoms with van der Waals surface area (Å²) in [6.45, 7) is 0. The molecule has 2 aromatic rings. The third-order valence-electron chi connectivity index (χ3n) is 2.75. The molecule has 0 aliphatic carbocycles. The fraction of sp³-hybridized carbons (Fsp3) is 0.0625. The maximum Gasteiger partial charge on any atom is 0.255 e. The number of nitrogens with one attached hydrogen (secondary N) is 2. The molecule has 22 heavy (non-hydrogen) atoms. The van der Waals surface area contributed by atoms with E-state index in [0.717, 1.165) is 4.47 Å². The molecule has 0 unspecified atom stereocenters. The zero-order chi connectivity index (χ0) is 15.9. The van der Waals surface area contributed by atoms with Crippen LogP contribution in [0.3, 0.4) is 0 Å². The molecule has 0 spiro atoms. The molecule has 0 aliphatic rings. The lowest BCUT2D eigenvalue weighted by molar-refractivity contribution is -0.115. The highest BCUT2D eigenvalue weighted by molar-refractivity contribution is 9.10. The number of amides is 2. The summed E-state index contributed by atoms with van der Waals surface area (Å²) < 4.78 is 0.829. The van der Waals surface area contributed by atoms with Crippen molar-refractivity contribution in [3.63, 3.8) is 0 Å². The van der Waals surface area contributed by atoms with Crippen molar-refractivity contribution in [1.82, 2.24) is 0 Å². The molecular formula is C16H12BrN3O2. The monoisotopic (exact) mass is 357 g/mol. The van der Waals surface area contributed by atoms with Crippen molar-refractivity contribution in [3.8, 4) is 6.07 Å². The van der Waals surface area contributed by atoms with Gasteiger partial charge in [-0.1, -0.05) is 22.0 Å². The molecule has 0 atom stereocenters. The van der Waals surface area contributed by atoms with E-state index < -0.39 is 0 Å². The first-order valence-corrected chi connectivity index (χ1v) is 7.21. The van der Waals surface area contributed by atoms with E-state index in [4.69, 9.17) is 5.26 Å². The van der Waals surface area contributed by atoms with Gasteiger partial charge in [0.25, 0.3) is 5.91 Å². The summed E-state index contributed by atoms with van der Waals surface area (Å²) in [5.74, 6) is -0.587. The molecule has 0 saturated carbocycles. The van der Waals surface area contributed by atoms with E-state index in [9.17, 15) is 9.59 Å². The number of nitrogens with zero attached hydrogens (tertiary/aromatic N) is 1. The van der Waals surface area contributed by atoms with Gasteiger partial charge >= 0.3 is 0 Å². The number of hydrogen-bond acceptors (Lipinski definition) is 3. The van der Waals surface area contributed by atoms with E-state index in [1.807, 2.05) is 6.07 Å². The van der Waals surface area contributed by atoms with Crippen molar-refractivity contribution < 1.29 is 9.59 Å². The maximum atomic E-state index is 12.1. The minimum atomic E-state index is -0.367. The molecule has 2 N–H and O–H groups in total. The first kappa shape index (κ1) is 15.7. The number of benzene rings is 2. The van der Waals surface area contributed by atoms with Crippen LogP contribution in [0.25, 0.3) is 0 Å². The summed E-state index contributed by atoms with van der Waals surface area (Å²) in [5.41, 5.74) is 1.73. The average molecular weight is 358 g/mol. The fourth-order valence-corrected chi connectivity index (χ4v) is 2.15. The van der Waals surface area contributed by atoms with E-state index >= 15 is 0 Å². The summed E-state index contributed by atoms with van der Waals surface area (Å²) in [7, 11) is 0. The quantitative estimate of drug-likeness (QED) is 0.877. The second-order valence-electron chi connectivity index (χ2n) is 4.42. The minimum absolute atomic E-state index is 0.193. The molecule has 2 aromatic carbocycles. The molecule has 2 amide bonds. The molecule has 5 nitrogen and oxygen atoms in total. The molecule has 0 aliphatic heterocycles. The Labute approximate surface area is 136 Å². The van der Waals surface area contributed by atoms with Gasteiger partial charge in [-0.15, -0.1) is 0 Å². The number of hydrogen-bond donors (Lipinski definition) is 2. The van der Waals surface area contributed by atoms with Crippen LogP contribution in [0.2, 0.25) is 0 Å². The highest BCUT2D eigenvalue weighted by Crippen LogP contribution is 2.16. The standard InChI is InChI=1S/C16H12BrN3O2/c17-12-3-1-2-11(10-12)16(22)20-14-6-4-13(5-7-14)19-15(21)8-9-18/h1-7,10H,8H2,(H,19,21)(H,20,22). The largest absolute Gasteiger partial charge is 0.325 e. The Morgan fingerprint density at radius 2 is 1.68 bits per heavy atom. The van der Waals surface area contributed by atoms with Gasteiger partial charge in [-0.25, -0.2) is 0 Å². The Morgan fingerprint density at radius 3 is 2.27 bits per heavy atom. The lowest BCUT2D eigenvalue weighted by Crippen LogP contribution is -2.12. The van der Waals surface area contributed by atoms with E-state index in [0.29, 0.717) is 16.9 Å². The summed E-state index contributed by atoms with van der Waals surface area (Å²) in [5, 5.41) is 13.8. The van der Waals surface area contributed by atoms with Crippen LogP contribution in [0.4, 0.5) is 11.4 Å². The molecule has 0 heterocycles. The lowest BCUT2D eigenvalue weighted by atomic mass is 10.2. The second-order valence-corrected chi connectivity index (χ2v) is 5.34. The van der Waals surface area contributed by atoms with Gasteiger partial charge < -0.3 is 10.6 Å². The third-order valence-corrected chi connectivity index (χ3v) is 3.25. The molecule has 0 bridgehead atoms. The van der Waals surface area contributed by atoms with Crippen molar-refractivity contribution in [2.45, 2.75) is 6.42 Å². The molecule has 2 rings (SSSR count). The summed E-state index contributed by atoms with van der Waals surface area (Å²) in [6.07, 6.45) is -0.193. The van der Waals surface area contributed by atoms with Gasteiger partial charge in [-0.2, -0.15) is 5.26 Å². The number of rotatable bonds is 4. The van der Waals surface area contributed by atoms with Gasteiger partial charge in [0, 0.05) is 21.4 Å². The first-order valence-electron chi connectivity index (χ1n) is 6.42. The van der Waals surface area contributed by atoms with Crippen molar-refractivity contribution >= 4 is 39.1 Å². The zero-order valence-corrected chi connectivity index (χ0v) is 13.1. The van der Waals surface area contributed by atoms with Crippen LogP contribution in [0.5, 0.6) is 0 Å². The van der Waals surface area contributed by atoms with Crippen LogP contribution in [0.1, 0.15) is 16.8 Å². The molecule has 6 heteroatoms. The van der Waals surface area contributed by atoms with E-state index in [1.54, 1.807) is 48.5 Å². The Balaban J connectivity index is 2.01. The zero-order valence-electron chi connectivity index (χ0n) is 11.5. The summed E-state index contributed by atoms with van der Waals surface area (Å²) in [4.78, 5) is 23.4. The topological polar surface area (TPSA) is 82.0 Å². The highest BCUT2D eigenvalue weighted by atomic mass is 79.9. The SMILES string of the molecule is N#CCC(=O)Nc1ccc(NC(=O)c2cccc(Br)c2)cc1. The minimum Gasteiger partial charge on any atom is -0.325 e. The maximum absolute atomic E-state index is 12.1. The number of carbonyl (C=O) groups excluding carboxylic acids is 2. The predicted octanol–water partition coefficient (Wildman–Crippen LogP) is 3.55. The normalized spacial score (nSPS) is 9.64. The number of carbonyl (C=O) groups is 2. The summed E-state index contributed by atoms with van der Waals surface area (Å²) >= 11 is 3.32. The highest BCUT2D eigenvalue weighted by Gasteiger charge is 2.07. The Bertz CT molecular complexity index is 736. The van der Waals surface area contributed by atoms with Gasteiger partial charge in [0.05, 0.1) is 6.07 Å². The molecule has 110 valence electrons.